The van der Waals surface area contributed by atoms with Crippen LogP contribution in [0.1, 0.15) is 16.8 Å². The minimum Gasteiger partial charge on any atom is -0.465 e. The van der Waals surface area contributed by atoms with E-state index in [9.17, 15) is 9.59 Å². The zero-order chi connectivity index (χ0) is 21.3. The standard InChI is InChI=1S/C23H24N4O3/c1-26(23(29)30)16-9-17-27(19-12-6-3-7-13-19)21-20(14-8-15-24-21)25-22(28)18-10-4-2-5-11-18/h2-8,10-15H,9,16-17H2,1H3,(H,25,28)(H,29,30). The summed E-state index contributed by atoms with van der Waals surface area (Å²) < 4.78 is 0. The molecule has 1 aromatic heterocycles. The summed E-state index contributed by atoms with van der Waals surface area (Å²) in [6.07, 6.45) is 1.31. The van der Waals surface area contributed by atoms with E-state index in [4.69, 9.17) is 5.11 Å². The average molecular weight is 404 g/mol. The molecule has 0 radical (unpaired) electrons. The Kier molecular flexibility index (Phi) is 7.00. The minimum absolute atomic E-state index is 0.219. The van der Waals surface area contributed by atoms with Crippen molar-refractivity contribution in [1.82, 2.24) is 9.88 Å². The lowest BCUT2D eigenvalue weighted by Crippen LogP contribution is -2.29. The van der Waals surface area contributed by atoms with Crippen molar-refractivity contribution >= 4 is 29.2 Å². The topological polar surface area (TPSA) is 85.8 Å². The predicted octanol–water partition coefficient (Wildman–Crippen LogP) is 4.47. The normalized spacial score (nSPS) is 10.3. The van der Waals surface area contributed by atoms with Crippen molar-refractivity contribution in [2.45, 2.75) is 6.42 Å². The molecule has 0 unspecified atom stereocenters. The van der Waals surface area contributed by atoms with Crippen LogP contribution in [0.5, 0.6) is 0 Å². The predicted molar refractivity (Wildman–Crippen MR) is 117 cm³/mol. The fourth-order valence-electron chi connectivity index (χ4n) is 3.02. The van der Waals surface area contributed by atoms with Crippen molar-refractivity contribution in [1.29, 1.82) is 0 Å². The Morgan fingerprint density at radius 1 is 0.933 bits per heavy atom. The molecule has 0 aliphatic heterocycles. The lowest BCUT2D eigenvalue weighted by atomic mass is 10.2. The number of amides is 2. The van der Waals surface area contributed by atoms with E-state index in [-0.39, 0.29) is 5.91 Å². The van der Waals surface area contributed by atoms with E-state index in [1.807, 2.05) is 59.5 Å². The summed E-state index contributed by atoms with van der Waals surface area (Å²) in [6.45, 7) is 0.921. The van der Waals surface area contributed by atoms with Gasteiger partial charge in [-0.1, -0.05) is 36.4 Å². The average Bonchev–Trinajstić information content (AvgIpc) is 2.78. The molecule has 2 amide bonds. The summed E-state index contributed by atoms with van der Waals surface area (Å²) >= 11 is 0. The number of anilines is 3. The Morgan fingerprint density at radius 3 is 2.27 bits per heavy atom. The number of aromatic nitrogens is 1. The number of hydrogen-bond acceptors (Lipinski definition) is 4. The fraction of sp³-hybridized carbons (Fsp3) is 0.174. The van der Waals surface area contributed by atoms with Gasteiger partial charge < -0.3 is 20.2 Å². The van der Waals surface area contributed by atoms with Crippen molar-refractivity contribution in [2.75, 3.05) is 30.4 Å². The molecule has 0 fully saturated rings. The second-order valence-corrected chi connectivity index (χ2v) is 6.74. The number of nitrogens with zero attached hydrogens (tertiary/aromatic N) is 3. The fourth-order valence-corrected chi connectivity index (χ4v) is 3.02. The molecular formula is C23H24N4O3. The van der Waals surface area contributed by atoms with Crippen molar-refractivity contribution in [2.24, 2.45) is 0 Å². The number of pyridine rings is 1. The highest BCUT2D eigenvalue weighted by Gasteiger charge is 2.17. The third-order valence-corrected chi connectivity index (χ3v) is 4.60. The maximum atomic E-state index is 12.7. The van der Waals surface area contributed by atoms with E-state index >= 15 is 0 Å². The van der Waals surface area contributed by atoms with Gasteiger partial charge in [-0.15, -0.1) is 0 Å². The SMILES string of the molecule is CN(CCCN(c1ccccc1)c1ncccc1NC(=O)c1ccccc1)C(=O)O. The molecular weight excluding hydrogens is 380 g/mol. The number of nitrogens with one attached hydrogen (secondary N) is 1. The molecule has 0 spiro atoms. The number of rotatable bonds is 8. The van der Waals surface area contributed by atoms with Crippen LogP contribution in [0, 0.1) is 0 Å². The van der Waals surface area contributed by atoms with Crippen LogP contribution in [0.3, 0.4) is 0 Å². The highest BCUT2D eigenvalue weighted by atomic mass is 16.4. The zero-order valence-corrected chi connectivity index (χ0v) is 16.7. The van der Waals surface area contributed by atoms with E-state index in [0.717, 1.165) is 5.69 Å². The van der Waals surface area contributed by atoms with Gasteiger partial charge in [0.1, 0.15) is 0 Å². The molecule has 0 aliphatic carbocycles. The van der Waals surface area contributed by atoms with E-state index in [2.05, 4.69) is 10.3 Å². The van der Waals surface area contributed by atoms with Crippen LogP contribution in [0.25, 0.3) is 0 Å². The van der Waals surface area contributed by atoms with Gasteiger partial charge in [0, 0.05) is 37.6 Å². The number of carbonyl (C=O) groups is 2. The summed E-state index contributed by atoms with van der Waals surface area (Å²) in [5, 5.41) is 12.0. The van der Waals surface area contributed by atoms with Gasteiger partial charge in [-0.3, -0.25) is 4.79 Å². The summed E-state index contributed by atoms with van der Waals surface area (Å²) in [4.78, 5) is 31.5. The van der Waals surface area contributed by atoms with Gasteiger partial charge in [-0.2, -0.15) is 0 Å². The number of hydrogen-bond donors (Lipinski definition) is 2. The Bertz CT molecular complexity index is 980. The first-order chi connectivity index (χ1) is 14.6. The molecule has 2 N–H and O–H groups in total. The highest BCUT2D eigenvalue weighted by Crippen LogP contribution is 2.30. The molecule has 154 valence electrons. The Balaban J connectivity index is 1.86. The third-order valence-electron chi connectivity index (χ3n) is 4.60. The van der Waals surface area contributed by atoms with E-state index < -0.39 is 6.09 Å². The molecule has 2 aromatic carbocycles. The van der Waals surface area contributed by atoms with Gasteiger partial charge in [-0.25, -0.2) is 9.78 Å². The number of benzene rings is 2. The van der Waals surface area contributed by atoms with E-state index in [0.29, 0.717) is 36.6 Å². The van der Waals surface area contributed by atoms with Crippen molar-refractivity contribution in [3.8, 4) is 0 Å². The largest absolute Gasteiger partial charge is 0.465 e. The molecule has 7 nitrogen and oxygen atoms in total. The first-order valence-electron chi connectivity index (χ1n) is 9.64. The van der Waals surface area contributed by atoms with Crippen LogP contribution >= 0.6 is 0 Å². The minimum atomic E-state index is -0.963. The lowest BCUT2D eigenvalue weighted by molar-refractivity contribution is 0.102. The smallest absolute Gasteiger partial charge is 0.407 e. The number of carbonyl (C=O) groups excluding carboxylic acids is 1. The molecule has 1 heterocycles. The summed E-state index contributed by atoms with van der Waals surface area (Å²) in [5.41, 5.74) is 2.05. The maximum absolute atomic E-state index is 12.7. The Hall–Kier alpha value is -3.87. The van der Waals surface area contributed by atoms with Gasteiger partial charge >= 0.3 is 6.09 Å². The molecule has 30 heavy (non-hydrogen) atoms. The van der Waals surface area contributed by atoms with Crippen LogP contribution in [0.4, 0.5) is 22.0 Å². The molecule has 3 rings (SSSR count). The highest BCUT2D eigenvalue weighted by molar-refractivity contribution is 6.05. The zero-order valence-electron chi connectivity index (χ0n) is 16.7. The van der Waals surface area contributed by atoms with Crippen molar-refractivity contribution in [3.05, 3.63) is 84.6 Å². The van der Waals surface area contributed by atoms with Crippen LogP contribution in [-0.2, 0) is 0 Å². The Labute approximate surface area is 175 Å². The van der Waals surface area contributed by atoms with Crippen molar-refractivity contribution in [3.63, 3.8) is 0 Å². The monoisotopic (exact) mass is 404 g/mol. The third kappa shape index (κ3) is 5.35. The van der Waals surface area contributed by atoms with E-state index in [1.165, 1.54) is 4.90 Å². The van der Waals surface area contributed by atoms with Gasteiger partial charge in [0.25, 0.3) is 5.91 Å². The Morgan fingerprint density at radius 2 is 1.60 bits per heavy atom. The van der Waals surface area contributed by atoms with Gasteiger partial charge in [0.05, 0.1) is 5.69 Å². The van der Waals surface area contributed by atoms with Gasteiger partial charge in [0.15, 0.2) is 5.82 Å². The van der Waals surface area contributed by atoms with Crippen LogP contribution < -0.4 is 10.2 Å². The van der Waals surface area contributed by atoms with Crippen LogP contribution in [-0.4, -0.2) is 47.1 Å². The molecule has 0 bridgehead atoms. The molecule has 7 heteroatoms. The molecule has 0 saturated heterocycles. The van der Waals surface area contributed by atoms with Crippen LogP contribution in [0.2, 0.25) is 0 Å². The maximum Gasteiger partial charge on any atom is 0.407 e. The molecule has 0 atom stereocenters. The van der Waals surface area contributed by atoms with Crippen molar-refractivity contribution < 1.29 is 14.7 Å². The summed E-state index contributed by atoms with van der Waals surface area (Å²) in [6, 6.07) is 22.3. The lowest BCUT2D eigenvalue weighted by Gasteiger charge is -2.27. The molecule has 0 saturated carbocycles. The number of para-hydroxylation sites is 1. The van der Waals surface area contributed by atoms with E-state index in [1.54, 1.807) is 31.4 Å². The number of carboxylic acid groups (broad SMARTS) is 1. The summed E-state index contributed by atoms with van der Waals surface area (Å²) in [5.74, 6) is 0.384. The van der Waals surface area contributed by atoms with Gasteiger partial charge in [-0.05, 0) is 42.8 Å². The van der Waals surface area contributed by atoms with Crippen LogP contribution in [0.15, 0.2) is 79.0 Å². The molecule has 0 aliphatic rings. The first-order valence-corrected chi connectivity index (χ1v) is 9.64. The quantitative estimate of drug-likeness (QED) is 0.578. The first kappa shape index (κ1) is 20.9. The summed E-state index contributed by atoms with van der Waals surface area (Å²) in [7, 11) is 1.54. The van der Waals surface area contributed by atoms with Gasteiger partial charge in [0.2, 0.25) is 0 Å². The second kappa shape index (κ2) is 10.1. The second-order valence-electron chi connectivity index (χ2n) is 6.74. The molecule has 3 aromatic rings.